The van der Waals surface area contributed by atoms with Gasteiger partial charge in [0, 0.05) is 17.5 Å². The van der Waals surface area contributed by atoms with Crippen LogP contribution in [-0.4, -0.2) is 82.2 Å². The molecule has 0 bridgehead atoms. The Bertz CT molecular complexity index is 1310. The van der Waals surface area contributed by atoms with Crippen molar-refractivity contribution in [3.63, 3.8) is 0 Å². The van der Waals surface area contributed by atoms with Crippen LogP contribution in [0.25, 0.3) is 0 Å². The predicted molar refractivity (Wildman–Crippen MR) is 167 cm³/mol. The molecule has 0 amide bonds. The molecule has 0 saturated heterocycles. The summed E-state index contributed by atoms with van der Waals surface area (Å²) < 4.78 is 11.3. The SMILES string of the molecule is CCN(CC)CCOc1ccc(C(Cc2ccc(OC)cc2)c2ccc(Cl)cc2)cc1.O=C(O)CC(O)(CC(=O)O)C(=O)O. The Morgan fingerprint density at radius 1 is 0.795 bits per heavy atom. The maximum atomic E-state index is 10.3. The maximum Gasteiger partial charge on any atom is 0.336 e. The van der Waals surface area contributed by atoms with Crippen LogP contribution in [0.4, 0.5) is 0 Å². The summed E-state index contributed by atoms with van der Waals surface area (Å²) in [6.07, 6.45) is -1.39. The van der Waals surface area contributed by atoms with Crippen LogP contribution in [0.2, 0.25) is 5.02 Å². The van der Waals surface area contributed by atoms with E-state index in [4.69, 9.17) is 41.5 Å². The van der Waals surface area contributed by atoms with Crippen LogP contribution in [-0.2, 0) is 20.8 Å². The number of benzene rings is 3. The molecule has 3 aromatic rings. The van der Waals surface area contributed by atoms with Crippen LogP contribution in [0.1, 0.15) is 49.3 Å². The molecular weight excluding hydrogens is 590 g/mol. The fourth-order valence-electron chi connectivity index (χ4n) is 4.46. The standard InChI is InChI=1S/C27H32ClNO2.C6H8O7/c1-4-29(5-2)18-19-31-26-16-10-23(11-17-26)27(22-8-12-24(28)13-9-22)20-21-6-14-25(30-3)15-7-21;7-3(8)1-6(13,5(11)12)2-4(9)10/h6-17,27H,4-5,18-20H2,1-3H3;13H,1-2H2,(H,7,8)(H,9,10)(H,11,12). The number of carboxylic acid groups (broad SMARTS) is 3. The van der Waals surface area contributed by atoms with Gasteiger partial charge in [-0.2, -0.15) is 0 Å². The molecule has 0 aliphatic heterocycles. The predicted octanol–water partition coefficient (Wildman–Crippen LogP) is 5.20. The first-order valence-electron chi connectivity index (χ1n) is 14.1. The minimum absolute atomic E-state index is 0.232. The van der Waals surface area contributed by atoms with Crippen LogP contribution in [0.15, 0.2) is 72.8 Å². The van der Waals surface area contributed by atoms with Gasteiger partial charge in [-0.25, -0.2) is 4.79 Å². The molecule has 0 aliphatic rings. The summed E-state index contributed by atoms with van der Waals surface area (Å²) in [5.41, 5.74) is 1.03. The van der Waals surface area contributed by atoms with Crippen molar-refractivity contribution >= 4 is 29.5 Å². The van der Waals surface area contributed by atoms with Crippen molar-refractivity contribution in [1.82, 2.24) is 4.90 Å². The number of carboxylic acids is 3. The largest absolute Gasteiger partial charge is 0.497 e. The van der Waals surface area contributed by atoms with E-state index in [1.54, 1.807) is 7.11 Å². The highest BCUT2D eigenvalue weighted by atomic mass is 35.5. The summed E-state index contributed by atoms with van der Waals surface area (Å²) >= 11 is 6.13. The second kappa shape index (κ2) is 17.9. The zero-order valence-electron chi connectivity index (χ0n) is 25.1. The number of rotatable bonds is 16. The molecule has 4 N–H and O–H groups in total. The molecule has 0 spiro atoms. The number of hydrogen-bond donors (Lipinski definition) is 4. The highest BCUT2D eigenvalue weighted by Gasteiger charge is 2.40. The molecule has 11 heteroatoms. The molecule has 1 atom stereocenters. The van der Waals surface area contributed by atoms with Gasteiger partial charge in [0.1, 0.15) is 18.1 Å². The van der Waals surface area contributed by atoms with Gasteiger partial charge in [0.25, 0.3) is 0 Å². The molecule has 0 saturated carbocycles. The van der Waals surface area contributed by atoms with E-state index in [1.165, 1.54) is 16.7 Å². The van der Waals surface area contributed by atoms with E-state index in [-0.39, 0.29) is 5.92 Å². The second-order valence-electron chi connectivity index (χ2n) is 10.1. The number of methoxy groups -OCH3 is 1. The zero-order chi connectivity index (χ0) is 32.7. The van der Waals surface area contributed by atoms with Crippen molar-refractivity contribution in [2.45, 2.75) is 44.6 Å². The Kier molecular flexibility index (Phi) is 14.6. The Hall–Kier alpha value is -4.12. The minimum Gasteiger partial charge on any atom is -0.497 e. The Balaban J connectivity index is 0.000000439. The number of aliphatic carboxylic acids is 3. The highest BCUT2D eigenvalue weighted by molar-refractivity contribution is 6.30. The van der Waals surface area contributed by atoms with E-state index in [0.29, 0.717) is 6.61 Å². The molecule has 44 heavy (non-hydrogen) atoms. The van der Waals surface area contributed by atoms with Crippen molar-refractivity contribution in [3.8, 4) is 11.5 Å². The number of hydrogen-bond acceptors (Lipinski definition) is 7. The Labute approximate surface area is 262 Å². The van der Waals surface area contributed by atoms with Gasteiger partial charge in [0.05, 0.1) is 20.0 Å². The lowest BCUT2D eigenvalue weighted by atomic mass is 9.86. The third kappa shape index (κ3) is 11.9. The van der Waals surface area contributed by atoms with Gasteiger partial charge >= 0.3 is 17.9 Å². The van der Waals surface area contributed by atoms with Crippen LogP contribution in [0.3, 0.4) is 0 Å². The quantitative estimate of drug-likeness (QED) is 0.166. The lowest BCUT2D eigenvalue weighted by Crippen LogP contribution is -2.42. The van der Waals surface area contributed by atoms with E-state index >= 15 is 0 Å². The third-order valence-corrected chi connectivity index (χ3v) is 7.26. The minimum atomic E-state index is -2.74. The molecule has 0 heterocycles. The van der Waals surface area contributed by atoms with Crippen molar-refractivity contribution in [2.75, 3.05) is 33.4 Å². The van der Waals surface area contributed by atoms with Gasteiger partial charge in [0.15, 0.2) is 5.60 Å². The molecule has 238 valence electrons. The molecule has 3 rings (SSSR count). The fourth-order valence-corrected chi connectivity index (χ4v) is 4.59. The number of aliphatic hydroxyl groups is 1. The first-order valence-corrected chi connectivity index (χ1v) is 14.5. The average Bonchev–Trinajstić information content (AvgIpc) is 2.99. The van der Waals surface area contributed by atoms with E-state index in [9.17, 15) is 14.4 Å². The number of likely N-dealkylation sites (N-methyl/N-ethyl adjacent to an activating group) is 1. The Morgan fingerprint density at radius 3 is 1.70 bits per heavy atom. The van der Waals surface area contributed by atoms with Gasteiger partial charge < -0.3 is 34.8 Å². The Morgan fingerprint density at radius 2 is 1.27 bits per heavy atom. The summed E-state index contributed by atoms with van der Waals surface area (Å²) in [6, 6.07) is 25.0. The van der Waals surface area contributed by atoms with E-state index in [2.05, 4.69) is 67.3 Å². The summed E-state index contributed by atoms with van der Waals surface area (Å²) in [6.45, 7) is 8.10. The molecular formula is C33H40ClNO9. The molecule has 0 radical (unpaired) electrons. The van der Waals surface area contributed by atoms with Crippen molar-refractivity contribution in [2.24, 2.45) is 0 Å². The zero-order valence-corrected chi connectivity index (χ0v) is 25.9. The van der Waals surface area contributed by atoms with Crippen molar-refractivity contribution in [1.29, 1.82) is 0 Å². The molecule has 10 nitrogen and oxygen atoms in total. The van der Waals surface area contributed by atoms with Gasteiger partial charge in [-0.1, -0.05) is 61.8 Å². The lowest BCUT2D eigenvalue weighted by molar-refractivity contribution is -0.170. The van der Waals surface area contributed by atoms with E-state index in [1.807, 2.05) is 24.3 Å². The van der Waals surface area contributed by atoms with Crippen molar-refractivity contribution < 1.29 is 44.3 Å². The van der Waals surface area contributed by atoms with Crippen LogP contribution < -0.4 is 9.47 Å². The van der Waals surface area contributed by atoms with Gasteiger partial charge in [0.2, 0.25) is 0 Å². The summed E-state index contributed by atoms with van der Waals surface area (Å²) in [5.74, 6) is -3.00. The van der Waals surface area contributed by atoms with E-state index in [0.717, 1.165) is 42.6 Å². The molecule has 3 aromatic carbocycles. The van der Waals surface area contributed by atoms with Gasteiger partial charge in [-0.05, 0) is 72.6 Å². The van der Waals surface area contributed by atoms with Gasteiger partial charge in [-0.3, -0.25) is 9.59 Å². The molecule has 1 unspecified atom stereocenters. The lowest BCUT2D eigenvalue weighted by Gasteiger charge is -2.20. The maximum absolute atomic E-state index is 10.3. The monoisotopic (exact) mass is 629 g/mol. The van der Waals surface area contributed by atoms with E-state index < -0.39 is 36.4 Å². The molecule has 0 aromatic heterocycles. The number of nitrogens with zero attached hydrogens (tertiary/aromatic N) is 1. The third-order valence-electron chi connectivity index (χ3n) is 7.01. The normalized spacial score (nSPS) is 11.7. The first kappa shape index (κ1) is 36.1. The highest BCUT2D eigenvalue weighted by Crippen LogP contribution is 2.31. The first-order chi connectivity index (χ1) is 20.9. The number of carbonyl (C=O) groups is 3. The average molecular weight is 630 g/mol. The number of ether oxygens (including phenoxy) is 2. The van der Waals surface area contributed by atoms with Crippen LogP contribution in [0, 0.1) is 0 Å². The molecule has 0 fully saturated rings. The second-order valence-corrected chi connectivity index (χ2v) is 10.5. The topological polar surface area (TPSA) is 154 Å². The summed E-state index contributed by atoms with van der Waals surface area (Å²) in [4.78, 5) is 32.8. The van der Waals surface area contributed by atoms with Gasteiger partial charge in [-0.15, -0.1) is 0 Å². The number of halogens is 1. The smallest absolute Gasteiger partial charge is 0.336 e. The summed E-state index contributed by atoms with van der Waals surface area (Å²) in [7, 11) is 1.69. The van der Waals surface area contributed by atoms with Crippen LogP contribution >= 0.6 is 11.6 Å². The fraction of sp³-hybridized carbons (Fsp3) is 0.364. The summed E-state index contributed by atoms with van der Waals surface area (Å²) in [5, 5.41) is 34.6. The molecule has 0 aliphatic carbocycles. The van der Waals surface area contributed by atoms with Crippen LogP contribution in [0.5, 0.6) is 11.5 Å². The van der Waals surface area contributed by atoms with Crippen molar-refractivity contribution in [3.05, 3.63) is 94.5 Å².